The van der Waals surface area contributed by atoms with Crippen molar-refractivity contribution in [3.8, 4) is 0 Å². The van der Waals surface area contributed by atoms with E-state index in [0.29, 0.717) is 112 Å². The van der Waals surface area contributed by atoms with Crippen molar-refractivity contribution in [3.05, 3.63) is 0 Å². The minimum Gasteiger partial charge on any atom is -0.466 e. The molecule has 31 heavy (non-hydrogen) atoms. The summed E-state index contributed by atoms with van der Waals surface area (Å²) in [6.45, 7) is 12.5. The van der Waals surface area contributed by atoms with Crippen molar-refractivity contribution in [1.29, 1.82) is 0 Å². The van der Waals surface area contributed by atoms with Crippen molar-refractivity contribution in [1.82, 2.24) is 0 Å². The van der Waals surface area contributed by atoms with Gasteiger partial charge in [0.2, 0.25) is 0 Å². The summed E-state index contributed by atoms with van der Waals surface area (Å²) in [5.41, 5.74) is 0. The molecule has 0 aromatic carbocycles. The first-order valence-electron chi connectivity index (χ1n) is 11.1. The molecule has 0 aromatic heterocycles. The van der Waals surface area contributed by atoms with Gasteiger partial charge in [0, 0.05) is 6.61 Å². The second-order valence-corrected chi connectivity index (χ2v) is 6.04. The van der Waals surface area contributed by atoms with Gasteiger partial charge in [-0.05, 0) is 13.8 Å². The molecule has 0 saturated heterocycles. The Hall–Kier alpha value is -0.850. The van der Waals surface area contributed by atoms with Crippen LogP contribution in [0.2, 0.25) is 0 Å². The molecule has 0 amide bonds. The molecule has 0 bridgehead atoms. The van der Waals surface area contributed by atoms with Crippen molar-refractivity contribution < 1.29 is 47.4 Å². The van der Waals surface area contributed by atoms with E-state index in [-0.39, 0.29) is 12.4 Å². The molecule has 10 nitrogen and oxygen atoms in total. The van der Waals surface area contributed by atoms with Crippen molar-refractivity contribution in [3.63, 3.8) is 0 Å². The molecule has 0 aliphatic rings. The largest absolute Gasteiger partial charge is 0.466 e. The third-order valence-electron chi connectivity index (χ3n) is 3.56. The first-order valence-corrected chi connectivity index (χ1v) is 11.1. The highest BCUT2D eigenvalue weighted by molar-refractivity contribution is 5.69. The Morgan fingerprint density at radius 2 is 0.710 bits per heavy atom. The van der Waals surface area contributed by atoms with E-state index >= 15 is 0 Å². The summed E-state index contributed by atoms with van der Waals surface area (Å²) >= 11 is 0. The van der Waals surface area contributed by atoms with Crippen LogP contribution in [0.4, 0.5) is 0 Å². The second-order valence-electron chi connectivity index (χ2n) is 6.04. The molecule has 0 saturated carbocycles. The SMILES string of the molecule is CCOCCOCCOCCOCCOCCOCCOCCOCCC(=O)OCC. The Bertz CT molecular complexity index is 357. The normalized spacial score (nSPS) is 11.2. The van der Waals surface area contributed by atoms with E-state index in [1.165, 1.54) is 0 Å². The van der Waals surface area contributed by atoms with E-state index in [4.69, 9.17) is 42.6 Å². The van der Waals surface area contributed by atoms with Crippen molar-refractivity contribution in [2.24, 2.45) is 0 Å². The van der Waals surface area contributed by atoms with E-state index in [2.05, 4.69) is 0 Å². The van der Waals surface area contributed by atoms with Gasteiger partial charge < -0.3 is 42.6 Å². The maximum atomic E-state index is 11.1. The number of hydrogen-bond acceptors (Lipinski definition) is 10. The lowest BCUT2D eigenvalue weighted by atomic mass is 10.5. The molecule has 0 aromatic rings. The lowest BCUT2D eigenvalue weighted by molar-refractivity contribution is -0.144. The smallest absolute Gasteiger partial charge is 0.308 e. The number of hydrogen-bond donors (Lipinski definition) is 0. The fourth-order valence-electron chi connectivity index (χ4n) is 2.07. The molecule has 0 N–H and O–H groups in total. The Balaban J connectivity index is 3.03. The van der Waals surface area contributed by atoms with Gasteiger partial charge in [-0.1, -0.05) is 0 Å². The molecule has 0 atom stereocenters. The summed E-state index contributed by atoms with van der Waals surface area (Å²) in [4.78, 5) is 11.1. The number of carbonyl (C=O) groups excluding carboxylic acids is 1. The summed E-state index contributed by atoms with van der Waals surface area (Å²) in [6.07, 6.45) is 0.265. The predicted molar refractivity (Wildman–Crippen MR) is 113 cm³/mol. The molecule has 0 fully saturated rings. The number of esters is 1. The molecule has 186 valence electrons. The van der Waals surface area contributed by atoms with Gasteiger partial charge in [-0.3, -0.25) is 4.79 Å². The minimum absolute atomic E-state index is 0.245. The molecule has 10 heteroatoms. The van der Waals surface area contributed by atoms with Gasteiger partial charge in [0.05, 0.1) is 112 Å². The molecule has 0 unspecified atom stereocenters. The third-order valence-corrected chi connectivity index (χ3v) is 3.56. The van der Waals surface area contributed by atoms with Gasteiger partial charge in [0.1, 0.15) is 0 Å². The van der Waals surface area contributed by atoms with Gasteiger partial charge in [-0.15, -0.1) is 0 Å². The average Bonchev–Trinajstić information content (AvgIpc) is 2.77. The topological polar surface area (TPSA) is 100 Å². The lowest BCUT2D eigenvalue weighted by Crippen LogP contribution is -2.15. The monoisotopic (exact) mass is 454 g/mol. The van der Waals surface area contributed by atoms with Crippen LogP contribution in [-0.2, 0) is 47.4 Å². The molecule has 0 radical (unpaired) electrons. The highest BCUT2D eigenvalue weighted by atomic mass is 16.6. The number of carbonyl (C=O) groups is 1. The molecule has 0 aliphatic heterocycles. The Morgan fingerprint density at radius 3 is 1.00 bits per heavy atom. The molecule has 0 aliphatic carbocycles. The highest BCUT2D eigenvalue weighted by Gasteiger charge is 2.00. The van der Waals surface area contributed by atoms with Crippen LogP contribution in [0.25, 0.3) is 0 Å². The molecular formula is C21H42O10. The Morgan fingerprint density at radius 1 is 0.419 bits per heavy atom. The standard InChI is InChI=1S/C21H42O10/c1-3-23-7-8-25-11-12-27-15-16-29-19-20-30-18-17-28-14-13-26-10-9-24-6-5-21(22)31-4-2/h3-20H2,1-2H3. The quantitative estimate of drug-likeness (QED) is 0.139. The predicted octanol–water partition coefficient (Wildman–Crippen LogP) is 1.09. The number of ether oxygens (including phenoxy) is 9. The van der Waals surface area contributed by atoms with Gasteiger partial charge in [-0.2, -0.15) is 0 Å². The van der Waals surface area contributed by atoms with Crippen molar-refractivity contribution in [2.45, 2.75) is 20.3 Å². The van der Waals surface area contributed by atoms with Crippen molar-refractivity contribution in [2.75, 3.05) is 112 Å². The fourth-order valence-corrected chi connectivity index (χ4v) is 2.07. The summed E-state index contributed by atoms with van der Waals surface area (Å²) in [7, 11) is 0. The maximum Gasteiger partial charge on any atom is 0.308 e. The third kappa shape index (κ3) is 27.1. The van der Waals surface area contributed by atoms with Crippen LogP contribution in [0, 0.1) is 0 Å². The number of rotatable bonds is 26. The second kappa shape index (κ2) is 27.2. The molecule has 0 spiro atoms. The average molecular weight is 455 g/mol. The maximum absolute atomic E-state index is 11.1. The van der Waals surface area contributed by atoms with Crippen LogP contribution in [-0.4, -0.2) is 118 Å². The molecular weight excluding hydrogens is 412 g/mol. The Kier molecular flexibility index (Phi) is 26.4. The highest BCUT2D eigenvalue weighted by Crippen LogP contribution is 1.89. The fraction of sp³-hybridized carbons (Fsp3) is 0.952. The van der Waals surface area contributed by atoms with E-state index in [9.17, 15) is 4.79 Å². The molecule has 0 rings (SSSR count). The van der Waals surface area contributed by atoms with Gasteiger partial charge in [0.25, 0.3) is 0 Å². The van der Waals surface area contributed by atoms with Crippen molar-refractivity contribution >= 4 is 5.97 Å². The first kappa shape index (κ1) is 30.1. The van der Waals surface area contributed by atoms with E-state index < -0.39 is 0 Å². The lowest BCUT2D eigenvalue weighted by Gasteiger charge is -2.08. The van der Waals surface area contributed by atoms with E-state index in [0.717, 1.165) is 0 Å². The van der Waals surface area contributed by atoms with Crippen LogP contribution < -0.4 is 0 Å². The zero-order valence-corrected chi connectivity index (χ0v) is 19.3. The van der Waals surface area contributed by atoms with E-state index in [1.807, 2.05) is 6.92 Å². The summed E-state index contributed by atoms with van der Waals surface area (Å²) in [5.74, 6) is -0.245. The van der Waals surface area contributed by atoms with Gasteiger partial charge in [-0.25, -0.2) is 0 Å². The zero-order valence-electron chi connectivity index (χ0n) is 19.3. The summed E-state index contributed by atoms with van der Waals surface area (Å²) in [5, 5.41) is 0. The van der Waals surface area contributed by atoms with Crippen LogP contribution >= 0.6 is 0 Å². The summed E-state index contributed by atoms with van der Waals surface area (Å²) < 4.78 is 47.5. The van der Waals surface area contributed by atoms with Crippen LogP contribution in [0.15, 0.2) is 0 Å². The van der Waals surface area contributed by atoms with Crippen LogP contribution in [0.3, 0.4) is 0 Å². The first-order chi connectivity index (χ1) is 15.3. The van der Waals surface area contributed by atoms with E-state index in [1.54, 1.807) is 6.92 Å². The Labute approximate surface area is 186 Å². The zero-order chi connectivity index (χ0) is 22.7. The van der Waals surface area contributed by atoms with Crippen LogP contribution in [0.5, 0.6) is 0 Å². The van der Waals surface area contributed by atoms with Crippen LogP contribution in [0.1, 0.15) is 20.3 Å². The summed E-state index contributed by atoms with van der Waals surface area (Å²) in [6, 6.07) is 0. The molecule has 0 heterocycles. The minimum atomic E-state index is -0.245. The van der Waals surface area contributed by atoms with Gasteiger partial charge >= 0.3 is 5.97 Å². The van der Waals surface area contributed by atoms with Gasteiger partial charge in [0.15, 0.2) is 0 Å².